The second kappa shape index (κ2) is 6.94. The highest BCUT2D eigenvalue weighted by atomic mass is 16.5. The zero-order valence-corrected chi connectivity index (χ0v) is 13.0. The Kier molecular flexibility index (Phi) is 5.23. The lowest BCUT2D eigenvalue weighted by molar-refractivity contribution is -0.148. The Morgan fingerprint density at radius 2 is 2.19 bits per heavy atom. The average molecular weight is 291 g/mol. The van der Waals surface area contributed by atoms with E-state index in [0.717, 1.165) is 43.7 Å². The van der Waals surface area contributed by atoms with Crippen LogP contribution >= 0.6 is 0 Å². The van der Waals surface area contributed by atoms with Gasteiger partial charge in [-0.3, -0.25) is 9.69 Å². The first-order valence-corrected chi connectivity index (χ1v) is 7.71. The molecule has 4 heteroatoms. The second-order valence-corrected chi connectivity index (χ2v) is 5.98. The number of aryl methyl sites for hydroxylation is 1. The Morgan fingerprint density at radius 3 is 2.86 bits per heavy atom. The minimum Gasteiger partial charge on any atom is -0.492 e. The lowest BCUT2D eigenvalue weighted by atomic mass is 9.83. The summed E-state index contributed by atoms with van der Waals surface area (Å²) in [5.41, 5.74) is 0.585. The third-order valence-electron chi connectivity index (χ3n) is 4.37. The molecule has 1 aliphatic rings. The Morgan fingerprint density at radius 1 is 1.43 bits per heavy atom. The van der Waals surface area contributed by atoms with E-state index >= 15 is 0 Å². The van der Waals surface area contributed by atoms with Crippen LogP contribution in [0.3, 0.4) is 0 Å². The van der Waals surface area contributed by atoms with Gasteiger partial charge in [0.1, 0.15) is 12.4 Å². The van der Waals surface area contributed by atoms with Crippen LogP contribution in [0.5, 0.6) is 5.75 Å². The molecule has 0 saturated carbocycles. The molecular weight excluding hydrogens is 266 g/mol. The summed E-state index contributed by atoms with van der Waals surface area (Å²) in [6.45, 7) is 6.97. The number of hydrogen-bond donors (Lipinski definition) is 1. The van der Waals surface area contributed by atoms with Gasteiger partial charge in [0, 0.05) is 13.1 Å². The summed E-state index contributed by atoms with van der Waals surface area (Å²) in [5.74, 6) is 0.265. The van der Waals surface area contributed by atoms with Gasteiger partial charge in [-0.05, 0) is 37.9 Å². The van der Waals surface area contributed by atoms with Gasteiger partial charge in [-0.1, -0.05) is 31.5 Å². The van der Waals surface area contributed by atoms with E-state index in [-0.39, 0.29) is 0 Å². The molecule has 1 aromatic carbocycles. The molecule has 21 heavy (non-hydrogen) atoms. The molecule has 4 nitrogen and oxygen atoms in total. The minimum atomic E-state index is -0.647. The van der Waals surface area contributed by atoms with Gasteiger partial charge in [-0.15, -0.1) is 0 Å². The maximum Gasteiger partial charge on any atom is 0.310 e. The molecule has 0 aromatic heterocycles. The number of benzene rings is 1. The van der Waals surface area contributed by atoms with E-state index in [1.54, 1.807) is 0 Å². The number of nitrogens with zero attached hydrogens (tertiary/aromatic N) is 1. The van der Waals surface area contributed by atoms with E-state index in [1.807, 2.05) is 31.2 Å². The molecule has 0 radical (unpaired) electrons. The number of hydrogen-bond acceptors (Lipinski definition) is 3. The van der Waals surface area contributed by atoms with E-state index < -0.39 is 11.4 Å². The molecule has 1 aromatic rings. The first-order valence-electron chi connectivity index (χ1n) is 7.71. The number of para-hydroxylation sites is 1. The number of rotatable bonds is 7. The van der Waals surface area contributed by atoms with E-state index in [2.05, 4.69) is 11.8 Å². The van der Waals surface area contributed by atoms with Crippen molar-refractivity contribution in [1.82, 2.24) is 4.90 Å². The van der Waals surface area contributed by atoms with Crippen molar-refractivity contribution in [2.75, 3.05) is 26.2 Å². The minimum absolute atomic E-state index is 0.544. The number of carbonyl (C=O) groups is 1. The van der Waals surface area contributed by atoms with Crippen molar-refractivity contribution in [3.05, 3.63) is 29.8 Å². The number of likely N-dealkylation sites (tertiary alicyclic amines) is 1. The van der Waals surface area contributed by atoms with Crippen LogP contribution in [0.25, 0.3) is 0 Å². The van der Waals surface area contributed by atoms with Gasteiger partial charge in [-0.2, -0.15) is 0 Å². The van der Waals surface area contributed by atoms with Crippen molar-refractivity contribution in [3.8, 4) is 5.75 Å². The molecule has 0 spiro atoms. The molecule has 1 N–H and O–H groups in total. The highest BCUT2D eigenvalue weighted by Gasteiger charge is 2.43. The van der Waals surface area contributed by atoms with Crippen molar-refractivity contribution in [3.63, 3.8) is 0 Å². The van der Waals surface area contributed by atoms with Crippen LogP contribution in [-0.2, 0) is 4.79 Å². The molecule has 1 heterocycles. The summed E-state index contributed by atoms with van der Waals surface area (Å²) < 4.78 is 5.80. The van der Waals surface area contributed by atoms with E-state index in [0.29, 0.717) is 13.2 Å². The molecule has 116 valence electrons. The number of carboxylic acids is 1. The summed E-state index contributed by atoms with van der Waals surface area (Å²) in [7, 11) is 0. The van der Waals surface area contributed by atoms with Crippen molar-refractivity contribution >= 4 is 5.97 Å². The summed E-state index contributed by atoms with van der Waals surface area (Å²) >= 11 is 0. The van der Waals surface area contributed by atoms with Crippen LogP contribution in [0, 0.1) is 12.3 Å². The fraction of sp³-hybridized carbons (Fsp3) is 0.588. The molecule has 0 aliphatic carbocycles. The number of carboxylic acid groups (broad SMARTS) is 1. The van der Waals surface area contributed by atoms with Crippen LogP contribution in [0.2, 0.25) is 0 Å². The summed E-state index contributed by atoms with van der Waals surface area (Å²) in [5, 5.41) is 9.49. The van der Waals surface area contributed by atoms with Gasteiger partial charge in [0.05, 0.1) is 5.41 Å². The smallest absolute Gasteiger partial charge is 0.310 e. The van der Waals surface area contributed by atoms with Crippen LogP contribution in [0.4, 0.5) is 0 Å². The predicted octanol–water partition coefficient (Wildman–Crippen LogP) is 2.95. The number of aliphatic carboxylic acids is 1. The average Bonchev–Trinajstić information content (AvgIpc) is 2.86. The third kappa shape index (κ3) is 3.76. The molecule has 2 rings (SSSR count). The SMILES string of the molecule is CCCC1(C(=O)O)CCN(CCOc2ccccc2C)C1. The highest BCUT2D eigenvalue weighted by Crippen LogP contribution is 2.35. The van der Waals surface area contributed by atoms with Crippen LogP contribution in [0.15, 0.2) is 24.3 Å². The topological polar surface area (TPSA) is 49.8 Å². The van der Waals surface area contributed by atoms with E-state index in [4.69, 9.17) is 4.74 Å². The monoisotopic (exact) mass is 291 g/mol. The molecule has 1 unspecified atom stereocenters. The molecular formula is C17H25NO3. The molecule has 1 atom stereocenters. The normalized spacial score (nSPS) is 22.4. The Balaban J connectivity index is 1.83. The highest BCUT2D eigenvalue weighted by molar-refractivity contribution is 5.75. The lowest BCUT2D eigenvalue weighted by Gasteiger charge is -2.24. The summed E-state index contributed by atoms with van der Waals surface area (Å²) in [4.78, 5) is 13.8. The maximum atomic E-state index is 11.5. The molecule has 0 amide bonds. The summed E-state index contributed by atoms with van der Waals surface area (Å²) in [6, 6.07) is 7.96. The standard InChI is InChI=1S/C17H25NO3/c1-3-8-17(16(19)20)9-10-18(13-17)11-12-21-15-7-5-4-6-14(15)2/h4-7H,3,8-13H2,1-2H3,(H,19,20). The lowest BCUT2D eigenvalue weighted by Crippen LogP contribution is -2.35. The second-order valence-electron chi connectivity index (χ2n) is 5.98. The third-order valence-corrected chi connectivity index (χ3v) is 4.37. The molecule has 1 saturated heterocycles. The zero-order chi connectivity index (χ0) is 15.3. The first-order chi connectivity index (χ1) is 10.1. The van der Waals surface area contributed by atoms with Gasteiger partial charge in [-0.25, -0.2) is 0 Å². The zero-order valence-electron chi connectivity index (χ0n) is 13.0. The molecule has 1 fully saturated rings. The van der Waals surface area contributed by atoms with Crippen molar-refractivity contribution in [1.29, 1.82) is 0 Å². The van der Waals surface area contributed by atoms with Crippen LogP contribution < -0.4 is 4.74 Å². The first kappa shape index (κ1) is 15.8. The van der Waals surface area contributed by atoms with E-state index in [9.17, 15) is 9.90 Å². The van der Waals surface area contributed by atoms with Crippen LogP contribution in [0.1, 0.15) is 31.7 Å². The van der Waals surface area contributed by atoms with Crippen molar-refractivity contribution in [2.45, 2.75) is 33.1 Å². The molecule has 0 bridgehead atoms. The fourth-order valence-electron chi connectivity index (χ4n) is 3.12. The van der Waals surface area contributed by atoms with Crippen molar-refractivity contribution in [2.24, 2.45) is 5.41 Å². The Labute approximate surface area is 126 Å². The van der Waals surface area contributed by atoms with E-state index in [1.165, 1.54) is 0 Å². The Hall–Kier alpha value is -1.55. The number of ether oxygens (including phenoxy) is 1. The van der Waals surface area contributed by atoms with Gasteiger partial charge >= 0.3 is 5.97 Å². The van der Waals surface area contributed by atoms with Crippen LogP contribution in [-0.4, -0.2) is 42.2 Å². The summed E-state index contributed by atoms with van der Waals surface area (Å²) in [6.07, 6.45) is 2.43. The largest absolute Gasteiger partial charge is 0.492 e. The van der Waals surface area contributed by atoms with Gasteiger partial charge in [0.15, 0.2) is 0 Å². The Bertz CT molecular complexity index is 489. The maximum absolute atomic E-state index is 11.5. The predicted molar refractivity (Wildman–Crippen MR) is 82.7 cm³/mol. The quantitative estimate of drug-likeness (QED) is 0.839. The molecule has 1 aliphatic heterocycles. The van der Waals surface area contributed by atoms with Crippen molar-refractivity contribution < 1.29 is 14.6 Å². The fourth-order valence-corrected chi connectivity index (χ4v) is 3.12. The van der Waals surface area contributed by atoms with Gasteiger partial charge in [0.2, 0.25) is 0 Å². The van der Waals surface area contributed by atoms with Gasteiger partial charge in [0.25, 0.3) is 0 Å². The van der Waals surface area contributed by atoms with Gasteiger partial charge < -0.3 is 9.84 Å².